The van der Waals surface area contributed by atoms with Crippen molar-refractivity contribution in [1.29, 1.82) is 0 Å². The van der Waals surface area contributed by atoms with Gasteiger partial charge in [-0.3, -0.25) is 4.79 Å². The number of piperidine rings is 1. The molecular weight excluding hydrogens is 339 g/mol. The summed E-state index contributed by atoms with van der Waals surface area (Å²) in [5.74, 6) is -1.81. The van der Waals surface area contributed by atoms with Crippen LogP contribution in [0.3, 0.4) is 0 Å². The van der Waals surface area contributed by atoms with E-state index >= 15 is 0 Å². The average molecular weight is 376 g/mol. The molecule has 1 heterocycles. The lowest BCUT2D eigenvalue weighted by Gasteiger charge is -2.38. The lowest BCUT2D eigenvalue weighted by atomic mass is 10.0. The van der Waals surface area contributed by atoms with E-state index in [4.69, 9.17) is 9.60 Å². The Balaban J connectivity index is 1.79. The van der Waals surface area contributed by atoms with Gasteiger partial charge in [0.15, 0.2) is 0 Å². The molecule has 0 aliphatic carbocycles. The Kier molecular flexibility index (Phi) is 4.40. The topological polar surface area (TPSA) is 23.6 Å². The van der Waals surface area contributed by atoms with Crippen molar-refractivity contribution in [1.82, 2.24) is 4.90 Å². The minimum Gasteiger partial charge on any atom is -0.309 e. The zero-order chi connectivity index (χ0) is 25.1. The molecule has 1 aliphatic heterocycles. The highest BCUT2D eigenvalue weighted by Gasteiger charge is 2.28. The van der Waals surface area contributed by atoms with Gasteiger partial charge in [0.05, 0.1) is 0 Å². The van der Waals surface area contributed by atoms with E-state index in [-0.39, 0.29) is 5.69 Å². The Hall–Kier alpha value is -2.20. The van der Waals surface area contributed by atoms with E-state index in [1.807, 2.05) is 18.2 Å². The number of hydrogen-bond donors (Lipinski definition) is 0. The maximum absolute atomic E-state index is 13.5. The van der Waals surface area contributed by atoms with Crippen LogP contribution in [0.2, 0.25) is 0 Å². The van der Waals surface area contributed by atoms with Crippen LogP contribution in [0.15, 0.2) is 54.6 Å². The quantitative estimate of drug-likeness (QED) is 0.702. The van der Waals surface area contributed by atoms with E-state index in [1.54, 1.807) is 0 Å². The molecule has 144 valence electrons. The van der Waals surface area contributed by atoms with E-state index in [1.165, 1.54) is 17.7 Å². The minimum absolute atomic E-state index is 0.208. The number of halogens is 1. The van der Waals surface area contributed by atoms with Gasteiger partial charge in [0.1, 0.15) is 5.82 Å². The van der Waals surface area contributed by atoms with E-state index in [0.29, 0.717) is 25.9 Å². The summed E-state index contributed by atoms with van der Waals surface area (Å²) in [5, 5.41) is 0. The summed E-state index contributed by atoms with van der Waals surface area (Å²) in [6, 6.07) is 14.5. The fourth-order valence-corrected chi connectivity index (χ4v) is 3.54. The van der Waals surface area contributed by atoms with Crippen LogP contribution in [0.5, 0.6) is 0 Å². The lowest BCUT2D eigenvalue weighted by molar-refractivity contribution is -0.119. The Bertz CT molecular complexity index is 960. The summed E-state index contributed by atoms with van der Waals surface area (Å²) < 4.78 is 68.0. The molecule has 27 heavy (non-hydrogen) atoms. The molecule has 2 aromatic carbocycles. The van der Waals surface area contributed by atoms with Gasteiger partial charge in [-0.2, -0.15) is 0 Å². The number of carbonyl (C=O) groups is 1. The van der Waals surface area contributed by atoms with Gasteiger partial charge in [-0.05, 0) is 55.5 Å². The van der Waals surface area contributed by atoms with Crippen LogP contribution in [0.4, 0.5) is 10.1 Å². The van der Waals surface area contributed by atoms with Crippen molar-refractivity contribution in [3.8, 4) is 0 Å². The molecule has 0 unspecified atom stereocenters. The highest BCUT2D eigenvalue weighted by Crippen LogP contribution is 2.25. The van der Waals surface area contributed by atoms with Crippen molar-refractivity contribution in [2.45, 2.75) is 44.9 Å². The van der Waals surface area contributed by atoms with Crippen molar-refractivity contribution in [2.75, 3.05) is 24.5 Å². The van der Waals surface area contributed by atoms with Gasteiger partial charge < -0.3 is 9.80 Å². The molecule has 2 aromatic rings. The summed E-state index contributed by atoms with van der Waals surface area (Å²) in [6.45, 7) is -1.25. The van der Waals surface area contributed by atoms with Crippen molar-refractivity contribution < 1.29 is 18.8 Å². The third kappa shape index (κ3) is 5.39. The minimum atomic E-state index is -3.41. The monoisotopic (exact) mass is 375 g/mol. The van der Waals surface area contributed by atoms with Gasteiger partial charge in [0.25, 0.3) is 0 Å². The van der Waals surface area contributed by atoms with Crippen LogP contribution in [0, 0.1) is 5.82 Å². The number of amides is 1. The fourth-order valence-electron chi connectivity index (χ4n) is 3.54. The molecular formula is C23H29FN2O. The molecule has 4 heteroatoms. The zero-order valence-corrected chi connectivity index (χ0v) is 15.2. The number of carbonyl (C=O) groups excluding carboxylic acids is 1. The van der Waals surface area contributed by atoms with E-state index in [2.05, 4.69) is 17.0 Å². The lowest BCUT2D eigenvalue weighted by Crippen LogP contribution is -2.48. The van der Waals surface area contributed by atoms with E-state index in [0.717, 1.165) is 30.0 Å². The molecule has 3 rings (SSSR count). The SMILES string of the molecule is [2H]C([2H])([2H])C([2H])([2H])C([2H])([2H])C(=O)N(c1ccc(F)cc1)C1CCN(CCc2ccccc2)CC1. The van der Waals surface area contributed by atoms with Crippen molar-refractivity contribution >= 4 is 11.6 Å². The Labute approximate surface area is 171 Å². The number of anilines is 1. The number of benzene rings is 2. The van der Waals surface area contributed by atoms with Crippen LogP contribution in [0.1, 0.15) is 47.6 Å². The Morgan fingerprint density at radius 3 is 2.56 bits per heavy atom. The summed E-state index contributed by atoms with van der Waals surface area (Å²) in [7, 11) is 0. The van der Waals surface area contributed by atoms with Crippen molar-refractivity contribution in [3.63, 3.8) is 0 Å². The van der Waals surface area contributed by atoms with E-state index in [9.17, 15) is 9.18 Å². The fraction of sp³-hybridized carbons (Fsp3) is 0.435. The first-order valence-electron chi connectivity index (χ1n) is 12.7. The van der Waals surface area contributed by atoms with Gasteiger partial charge in [0.2, 0.25) is 5.91 Å². The zero-order valence-electron chi connectivity index (χ0n) is 22.2. The molecule has 0 bridgehead atoms. The molecule has 1 saturated heterocycles. The average Bonchev–Trinajstić information content (AvgIpc) is 2.79. The van der Waals surface area contributed by atoms with Gasteiger partial charge in [-0.25, -0.2) is 4.39 Å². The van der Waals surface area contributed by atoms with Crippen molar-refractivity contribution in [3.05, 3.63) is 66.0 Å². The van der Waals surface area contributed by atoms with Crippen LogP contribution in [-0.4, -0.2) is 36.5 Å². The maximum atomic E-state index is 13.5. The van der Waals surface area contributed by atoms with Crippen LogP contribution in [0.25, 0.3) is 0 Å². The summed E-state index contributed by atoms with van der Waals surface area (Å²) in [4.78, 5) is 16.8. The number of nitrogens with zero attached hydrogens (tertiary/aromatic N) is 2. The second kappa shape index (κ2) is 9.65. The predicted molar refractivity (Wildman–Crippen MR) is 108 cm³/mol. The Morgan fingerprint density at radius 1 is 1.19 bits per heavy atom. The van der Waals surface area contributed by atoms with Crippen LogP contribution < -0.4 is 4.90 Å². The molecule has 0 N–H and O–H groups in total. The first kappa shape index (κ1) is 12.3. The highest BCUT2D eigenvalue weighted by molar-refractivity contribution is 5.93. The molecule has 1 fully saturated rings. The first-order valence-corrected chi connectivity index (χ1v) is 9.20. The first-order chi connectivity index (χ1) is 15.8. The summed E-state index contributed by atoms with van der Waals surface area (Å²) >= 11 is 0. The standard InChI is InChI=1S/C23H29FN2O/c1-2-6-23(27)26(21-11-9-20(24)10-12-21)22-14-17-25(18-15-22)16-13-19-7-4-3-5-8-19/h3-5,7-12,22H,2,6,13-18H2,1H3/i1D3,2D2,6D2. The highest BCUT2D eigenvalue weighted by atomic mass is 19.1. The van der Waals surface area contributed by atoms with Gasteiger partial charge in [-0.15, -0.1) is 0 Å². The molecule has 0 saturated carbocycles. The maximum Gasteiger partial charge on any atom is 0.227 e. The summed E-state index contributed by atoms with van der Waals surface area (Å²) in [5.41, 5.74) is 1.42. The van der Waals surface area contributed by atoms with Crippen LogP contribution in [-0.2, 0) is 11.2 Å². The number of rotatable bonds is 7. The second-order valence-corrected chi connectivity index (χ2v) is 6.71. The molecule has 1 amide bonds. The number of likely N-dealkylation sites (tertiary alicyclic amines) is 1. The third-order valence-corrected chi connectivity index (χ3v) is 4.97. The van der Waals surface area contributed by atoms with Gasteiger partial charge >= 0.3 is 0 Å². The van der Waals surface area contributed by atoms with Crippen molar-refractivity contribution in [2.24, 2.45) is 0 Å². The smallest absolute Gasteiger partial charge is 0.227 e. The normalized spacial score (nSPS) is 21.0. The third-order valence-electron chi connectivity index (χ3n) is 4.97. The van der Waals surface area contributed by atoms with Gasteiger partial charge in [0, 0.05) is 47.3 Å². The predicted octanol–water partition coefficient (Wildman–Crippen LogP) is 4.67. The largest absolute Gasteiger partial charge is 0.309 e. The molecule has 0 radical (unpaired) electrons. The Morgan fingerprint density at radius 2 is 1.89 bits per heavy atom. The molecule has 1 aliphatic rings. The van der Waals surface area contributed by atoms with E-state index < -0.39 is 37.4 Å². The number of hydrogen-bond acceptors (Lipinski definition) is 2. The van der Waals surface area contributed by atoms with Gasteiger partial charge in [-0.1, -0.05) is 37.2 Å². The second-order valence-electron chi connectivity index (χ2n) is 6.71. The molecule has 3 nitrogen and oxygen atoms in total. The molecule has 0 aromatic heterocycles. The summed E-state index contributed by atoms with van der Waals surface area (Å²) in [6.07, 6.45) is -4.88. The molecule has 0 spiro atoms. The van der Waals surface area contributed by atoms with Crippen LogP contribution >= 0.6 is 0 Å². The molecule has 0 atom stereocenters.